The molecule has 0 aliphatic heterocycles. The Labute approximate surface area is 203 Å². The second-order valence-electron chi connectivity index (χ2n) is 9.82. The molecule has 1 saturated carbocycles. The van der Waals surface area contributed by atoms with Gasteiger partial charge in [-0.3, -0.25) is 9.59 Å². The molecule has 1 aliphatic carbocycles. The highest BCUT2D eigenvalue weighted by Gasteiger charge is 2.44. The molecule has 33 heavy (non-hydrogen) atoms. The molecule has 3 amide bonds. The normalized spacial score (nSPS) is 16.3. The minimum Gasteiger partial charge on any atom is -0.444 e. The average molecular weight is 478 g/mol. The maximum Gasteiger partial charge on any atom is 0.408 e. The summed E-state index contributed by atoms with van der Waals surface area (Å²) in [6, 6.07) is 5.87. The molecule has 1 fully saturated rings. The van der Waals surface area contributed by atoms with Gasteiger partial charge < -0.3 is 20.3 Å². The average Bonchev–Trinajstić information content (AvgIpc) is 3.54. The number of nitrogens with one attached hydrogen (secondary N) is 2. The zero-order valence-corrected chi connectivity index (χ0v) is 21.6. The zero-order valence-electron chi connectivity index (χ0n) is 20.7. The Balaban J connectivity index is 2.38. The number of hydrogen-bond donors (Lipinski definition) is 3. The van der Waals surface area contributed by atoms with E-state index in [0.29, 0.717) is 0 Å². The first-order valence-electron chi connectivity index (χ1n) is 11.8. The van der Waals surface area contributed by atoms with Crippen molar-refractivity contribution in [2.24, 2.45) is 0 Å². The number of rotatable bonds is 10. The smallest absolute Gasteiger partial charge is 0.408 e. The monoisotopic (exact) mass is 477 g/mol. The first-order chi connectivity index (χ1) is 15.5. The number of hydrogen-bond acceptors (Lipinski definition) is 5. The van der Waals surface area contributed by atoms with Gasteiger partial charge in [0.05, 0.1) is 0 Å². The van der Waals surface area contributed by atoms with E-state index in [0.717, 1.165) is 36.8 Å². The Bertz CT molecular complexity index is 835. The van der Waals surface area contributed by atoms with Gasteiger partial charge in [0.2, 0.25) is 11.8 Å². The summed E-state index contributed by atoms with van der Waals surface area (Å²) in [6.07, 6.45) is 2.75. The highest BCUT2D eigenvalue weighted by atomic mass is 32.1. The number of nitrogens with zero attached hydrogens (tertiary/aromatic N) is 1. The van der Waals surface area contributed by atoms with Crippen LogP contribution in [0.5, 0.6) is 0 Å². The van der Waals surface area contributed by atoms with Crippen molar-refractivity contribution in [1.82, 2.24) is 15.5 Å². The van der Waals surface area contributed by atoms with Gasteiger partial charge >= 0.3 is 6.09 Å². The van der Waals surface area contributed by atoms with Gasteiger partial charge in [0.15, 0.2) is 0 Å². The van der Waals surface area contributed by atoms with Crippen LogP contribution in [0.15, 0.2) is 24.3 Å². The van der Waals surface area contributed by atoms with Crippen LogP contribution < -0.4 is 10.6 Å². The number of benzene rings is 1. The molecule has 3 unspecified atom stereocenters. The van der Waals surface area contributed by atoms with Crippen LogP contribution in [0, 0.1) is 6.92 Å². The van der Waals surface area contributed by atoms with Crippen LogP contribution in [0.2, 0.25) is 0 Å². The van der Waals surface area contributed by atoms with Crippen LogP contribution in [0.1, 0.15) is 77.5 Å². The number of amides is 3. The van der Waals surface area contributed by atoms with Gasteiger partial charge in [-0.2, -0.15) is 12.6 Å². The van der Waals surface area contributed by atoms with Crippen molar-refractivity contribution in [1.29, 1.82) is 0 Å². The van der Waals surface area contributed by atoms with Gasteiger partial charge in [-0.15, -0.1) is 0 Å². The first-order valence-corrected chi connectivity index (χ1v) is 12.4. The minimum atomic E-state index is -0.906. The Morgan fingerprint density at radius 3 is 2.33 bits per heavy atom. The third kappa shape index (κ3) is 7.95. The van der Waals surface area contributed by atoms with Gasteiger partial charge in [0.1, 0.15) is 17.7 Å². The Morgan fingerprint density at radius 1 is 1.18 bits per heavy atom. The van der Waals surface area contributed by atoms with Gasteiger partial charge in [0, 0.05) is 17.8 Å². The van der Waals surface area contributed by atoms with E-state index in [1.54, 1.807) is 25.7 Å². The molecule has 2 rings (SSSR count). The Hall–Kier alpha value is -2.22. The number of aryl methyl sites for hydroxylation is 1. The van der Waals surface area contributed by atoms with Gasteiger partial charge in [0.25, 0.3) is 0 Å². The van der Waals surface area contributed by atoms with E-state index in [-0.39, 0.29) is 29.7 Å². The molecule has 0 heterocycles. The molecule has 0 radical (unpaired) electrons. The van der Waals surface area contributed by atoms with Gasteiger partial charge in [-0.1, -0.05) is 37.6 Å². The number of thiol groups is 1. The van der Waals surface area contributed by atoms with Crippen molar-refractivity contribution in [3.63, 3.8) is 0 Å². The van der Waals surface area contributed by atoms with Crippen LogP contribution in [-0.2, 0) is 14.3 Å². The summed E-state index contributed by atoms with van der Waals surface area (Å²) in [4.78, 5) is 41.3. The molecule has 3 atom stereocenters. The minimum absolute atomic E-state index is 0.00858. The van der Waals surface area contributed by atoms with E-state index in [4.69, 9.17) is 4.74 Å². The summed E-state index contributed by atoms with van der Waals surface area (Å²) in [5.74, 6) is -0.444. The maximum absolute atomic E-state index is 13.7. The molecule has 0 aromatic heterocycles. The van der Waals surface area contributed by atoms with Crippen molar-refractivity contribution in [3.8, 4) is 0 Å². The van der Waals surface area contributed by atoms with Crippen molar-refractivity contribution in [3.05, 3.63) is 35.4 Å². The van der Waals surface area contributed by atoms with Crippen molar-refractivity contribution in [2.75, 3.05) is 5.75 Å². The second kappa shape index (κ2) is 11.8. The standard InChI is InChI=1S/C25H39N3O4S/c1-7-10-17(3)26-22(29)21(19-12-9-8-11-16(19)2)28(18-13-14-18)23(30)20(15-33)27-24(31)32-25(4,5)6/h8-9,11-12,17-18,20-21,33H,7,10,13-15H2,1-6H3,(H,26,29)(H,27,31). The molecule has 1 aromatic carbocycles. The quantitative estimate of drug-likeness (QED) is 0.442. The van der Waals surface area contributed by atoms with Gasteiger partial charge in [-0.25, -0.2) is 4.79 Å². The summed E-state index contributed by atoms with van der Waals surface area (Å²) in [7, 11) is 0. The van der Waals surface area contributed by atoms with E-state index >= 15 is 0 Å². The second-order valence-corrected chi connectivity index (χ2v) is 10.2. The van der Waals surface area contributed by atoms with E-state index in [1.165, 1.54) is 0 Å². The SMILES string of the molecule is CCCC(C)NC(=O)C(c1ccccc1C)N(C(=O)C(CS)NC(=O)OC(C)(C)C)C1CC1. The molecule has 1 aromatic rings. The molecule has 7 nitrogen and oxygen atoms in total. The van der Waals surface area contributed by atoms with E-state index in [9.17, 15) is 14.4 Å². The molecular weight excluding hydrogens is 438 g/mol. The van der Waals surface area contributed by atoms with Crippen molar-refractivity contribution >= 4 is 30.5 Å². The largest absolute Gasteiger partial charge is 0.444 e. The van der Waals surface area contributed by atoms with E-state index in [2.05, 4.69) is 30.2 Å². The van der Waals surface area contributed by atoms with Crippen molar-refractivity contribution < 1.29 is 19.1 Å². The zero-order chi connectivity index (χ0) is 24.8. The molecule has 2 N–H and O–H groups in total. The molecule has 0 bridgehead atoms. The topological polar surface area (TPSA) is 87.7 Å². The van der Waals surface area contributed by atoms with Gasteiger partial charge in [-0.05, 0) is 65.0 Å². The van der Waals surface area contributed by atoms with Crippen LogP contribution in [0.3, 0.4) is 0 Å². The summed E-state index contributed by atoms with van der Waals surface area (Å²) >= 11 is 4.32. The fourth-order valence-electron chi connectivity index (χ4n) is 3.82. The lowest BCUT2D eigenvalue weighted by molar-refractivity contribution is -0.143. The van der Waals surface area contributed by atoms with E-state index in [1.807, 2.05) is 38.1 Å². The molecule has 1 aliphatic rings. The lowest BCUT2D eigenvalue weighted by Gasteiger charge is -2.35. The lowest BCUT2D eigenvalue weighted by Crippen LogP contribution is -2.55. The first kappa shape index (κ1) is 27.0. The lowest BCUT2D eigenvalue weighted by atomic mass is 9.97. The fourth-order valence-corrected chi connectivity index (χ4v) is 4.07. The van der Waals surface area contributed by atoms with E-state index < -0.39 is 23.8 Å². The number of alkyl carbamates (subject to hydrolysis) is 1. The fraction of sp³-hybridized carbons (Fsp3) is 0.640. The summed E-state index contributed by atoms with van der Waals surface area (Å²) < 4.78 is 5.33. The van der Waals surface area contributed by atoms with Crippen LogP contribution in [0.4, 0.5) is 4.79 Å². The molecule has 0 spiro atoms. The number of carbonyl (C=O) groups excluding carboxylic acids is 3. The third-order valence-corrected chi connectivity index (χ3v) is 5.85. The molecule has 0 saturated heterocycles. The third-order valence-electron chi connectivity index (χ3n) is 5.49. The maximum atomic E-state index is 13.7. The molecular formula is C25H39N3O4S. The highest BCUT2D eigenvalue weighted by molar-refractivity contribution is 7.80. The predicted molar refractivity (Wildman–Crippen MR) is 133 cm³/mol. The molecule has 184 valence electrons. The van der Waals surface area contributed by atoms with Crippen molar-refractivity contribution in [2.45, 2.75) is 97.0 Å². The number of ether oxygens (including phenoxy) is 1. The van der Waals surface area contributed by atoms with Crippen LogP contribution >= 0.6 is 12.6 Å². The van der Waals surface area contributed by atoms with Crippen LogP contribution in [-0.4, -0.2) is 52.3 Å². The number of carbonyl (C=O) groups is 3. The predicted octanol–water partition coefficient (Wildman–Crippen LogP) is 4.16. The Morgan fingerprint density at radius 2 is 1.82 bits per heavy atom. The highest BCUT2D eigenvalue weighted by Crippen LogP contribution is 2.36. The molecule has 8 heteroatoms. The van der Waals surface area contributed by atoms with Crippen LogP contribution in [0.25, 0.3) is 0 Å². The summed E-state index contributed by atoms with van der Waals surface area (Å²) in [5, 5.41) is 5.74. The Kier molecular flexibility index (Phi) is 9.64. The summed E-state index contributed by atoms with van der Waals surface area (Å²) in [5.41, 5.74) is 1.03. The summed E-state index contributed by atoms with van der Waals surface area (Å²) in [6.45, 7) is 11.3.